The van der Waals surface area contributed by atoms with E-state index in [2.05, 4.69) is 15.0 Å². The third-order valence-corrected chi connectivity index (χ3v) is 3.74. The van der Waals surface area contributed by atoms with Crippen molar-refractivity contribution in [2.75, 3.05) is 29.6 Å². The molecule has 0 aliphatic rings. The molecule has 0 fully saturated rings. The number of rotatable bonds is 6. The molecule has 8 nitrogen and oxygen atoms in total. The van der Waals surface area contributed by atoms with Crippen LogP contribution in [0.1, 0.15) is 0 Å². The Morgan fingerprint density at radius 2 is 1.81 bits per heavy atom. The van der Waals surface area contributed by atoms with Crippen molar-refractivity contribution in [2.24, 2.45) is 0 Å². The second-order valence-electron chi connectivity index (χ2n) is 5.47. The van der Waals surface area contributed by atoms with Crippen LogP contribution in [0.4, 0.5) is 23.0 Å². The largest absolute Gasteiger partial charge is 0.439 e. The second kappa shape index (κ2) is 7.47. The van der Waals surface area contributed by atoms with Crippen LogP contribution in [0, 0.1) is 0 Å². The maximum absolute atomic E-state index is 11.1. The molecule has 0 aliphatic carbocycles. The molecule has 0 atom stereocenters. The van der Waals surface area contributed by atoms with Crippen LogP contribution in [0.15, 0.2) is 55.0 Å². The van der Waals surface area contributed by atoms with Gasteiger partial charge in [-0.2, -0.15) is 0 Å². The molecule has 1 amide bonds. The van der Waals surface area contributed by atoms with Crippen LogP contribution in [0.2, 0.25) is 0 Å². The summed E-state index contributed by atoms with van der Waals surface area (Å²) in [5.74, 6) is 1.87. The first-order valence-electron chi connectivity index (χ1n) is 7.81. The van der Waals surface area contributed by atoms with Crippen LogP contribution in [0.3, 0.4) is 0 Å². The highest BCUT2D eigenvalue weighted by molar-refractivity contribution is 5.88. The minimum absolute atomic E-state index is 0.278. The van der Waals surface area contributed by atoms with Gasteiger partial charge in [-0.05, 0) is 30.3 Å². The van der Waals surface area contributed by atoms with Gasteiger partial charge >= 0.3 is 0 Å². The number of carbonyl (C=O) groups is 1. The van der Waals surface area contributed by atoms with E-state index in [4.69, 9.17) is 10.5 Å². The standard InChI is InChI=1S/C18H18N6O2/c1-23(12-25)18-16(17(19)21-11-22-18)24(2)13-6-8-14(9-7-13)26-15-5-3-4-10-20-15/h3-12H,1-2H3,(H2,19,21,22). The van der Waals surface area contributed by atoms with Gasteiger partial charge in [-0.1, -0.05) is 6.07 Å². The summed E-state index contributed by atoms with van der Waals surface area (Å²) in [6.07, 6.45) is 3.66. The van der Waals surface area contributed by atoms with E-state index in [1.165, 1.54) is 11.2 Å². The van der Waals surface area contributed by atoms with Crippen molar-refractivity contribution in [1.29, 1.82) is 0 Å². The van der Waals surface area contributed by atoms with E-state index in [1.54, 1.807) is 19.3 Å². The summed E-state index contributed by atoms with van der Waals surface area (Å²) in [5.41, 5.74) is 7.39. The number of ether oxygens (including phenoxy) is 1. The highest BCUT2D eigenvalue weighted by Gasteiger charge is 2.18. The van der Waals surface area contributed by atoms with E-state index >= 15 is 0 Å². The van der Waals surface area contributed by atoms with Crippen LogP contribution >= 0.6 is 0 Å². The molecule has 0 spiro atoms. The van der Waals surface area contributed by atoms with Gasteiger partial charge in [0.15, 0.2) is 11.6 Å². The quantitative estimate of drug-likeness (QED) is 0.682. The molecule has 0 saturated carbocycles. The van der Waals surface area contributed by atoms with Gasteiger partial charge < -0.3 is 20.3 Å². The molecule has 0 aliphatic heterocycles. The Morgan fingerprint density at radius 3 is 2.46 bits per heavy atom. The Morgan fingerprint density at radius 1 is 1.04 bits per heavy atom. The topological polar surface area (TPSA) is 97.5 Å². The van der Waals surface area contributed by atoms with Gasteiger partial charge in [0.2, 0.25) is 12.3 Å². The highest BCUT2D eigenvalue weighted by Crippen LogP contribution is 2.35. The summed E-state index contributed by atoms with van der Waals surface area (Å²) in [6, 6.07) is 12.8. The molecule has 2 aromatic heterocycles. The monoisotopic (exact) mass is 350 g/mol. The summed E-state index contributed by atoms with van der Waals surface area (Å²) >= 11 is 0. The SMILES string of the molecule is CN(C=O)c1ncnc(N)c1N(C)c1ccc(Oc2ccccn2)cc1. The molecule has 132 valence electrons. The predicted molar refractivity (Wildman–Crippen MR) is 99.7 cm³/mol. The van der Waals surface area contributed by atoms with Crippen molar-refractivity contribution in [3.05, 3.63) is 55.0 Å². The number of aromatic nitrogens is 3. The molecule has 2 heterocycles. The van der Waals surface area contributed by atoms with E-state index in [9.17, 15) is 4.79 Å². The molecule has 1 aromatic carbocycles. The third-order valence-electron chi connectivity index (χ3n) is 3.74. The van der Waals surface area contributed by atoms with Crippen molar-refractivity contribution in [2.45, 2.75) is 0 Å². The van der Waals surface area contributed by atoms with E-state index in [1.807, 2.05) is 48.3 Å². The maximum atomic E-state index is 11.1. The molecule has 0 bridgehead atoms. The molecule has 0 unspecified atom stereocenters. The first kappa shape index (κ1) is 17.2. The average molecular weight is 350 g/mol. The number of hydrogen-bond donors (Lipinski definition) is 1. The lowest BCUT2D eigenvalue weighted by Crippen LogP contribution is -2.22. The van der Waals surface area contributed by atoms with Crippen LogP contribution in [0.5, 0.6) is 11.6 Å². The zero-order valence-corrected chi connectivity index (χ0v) is 14.4. The molecule has 3 aromatic rings. The Balaban J connectivity index is 1.87. The molecular formula is C18H18N6O2. The molecule has 2 N–H and O–H groups in total. The van der Waals surface area contributed by atoms with Gasteiger partial charge in [0.25, 0.3) is 0 Å². The minimum atomic E-state index is 0.278. The summed E-state index contributed by atoms with van der Waals surface area (Å²) in [4.78, 5) is 26.6. The second-order valence-corrected chi connectivity index (χ2v) is 5.47. The predicted octanol–water partition coefficient (Wildman–Crippen LogP) is 2.61. The van der Waals surface area contributed by atoms with Gasteiger partial charge in [0, 0.05) is 32.0 Å². The number of nitrogens with two attached hydrogens (primary N) is 1. The molecule has 0 radical (unpaired) electrons. The van der Waals surface area contributed by atoms with E-state index in [0.29, 0.717) is 29.5 Å². The normalized spacial score (nSPS) is 10.2. The maximum Gasteiger partial charge on any atom is 0.219 e. The zero-order valence-electron chi connectivity index (χ0n) is 14.4. The number of pyridine rings is 1. The van der Waals surface area contributed by atoms with Gasteiger partial charge in [-0.15, -0.1) is 0 Å². The van der Waals surface area contributed by atoms with E-state index < -0.39 is 0 Å². The van der Waals surface area contributed by atoms with Crippen LogP contribution in [-0.4, -0.2) is 35.5 Å². The van der Waals surface area contributed by atoms with E-state index in [-0.39, 0.29) is 5.82 Å². The highest BCUT2D eigenvalue weighted by atomic mass is 16.5. The number of anilines is 4. The number of nitrogen functional groups attached to an aromatic ring is 1. The Bertz CT molecular complexity index is 886. The van der Waals surface area contributed by atoms with Gasteiger partial charge in [-0.25, -0.2) is 15.0 Å². The van der Waals surface area contributed by atoms with Gasteiger partial charge in [0.1, 0.15) is 17.8 Å². The molecule has 0 saturated heterocycles. The van der Waals surface area contributed by atoms with Crippen molar-refractivity contribution in [3.8, 4) is 11.6 Å². The summed E-state index contributed by atoms with van der Waals surface area (Å²) in [6.45, 7) is 0. The average Bonchev–Trinajstić information content (AvgIpc) is 2.68. The van der Waals surface area contributed by atoms with E-state index in [0.717, 1.165) is 5.69 Å². The fraction of sp³-hybridized carbons (Fsp3) is 0.111. The molecule has 3 rings (SSSR count). The Hall–Kier alpha value is -3.68. The van der Waals surface area contributed by atoms with Crippen molar-refractivity contribution >= 4 is 29.4 Å². The molecule has 26 heavy (non-hydrogen) atoms. The lowest BCUT2D eigenvalue weighted by molar-refractivity contribution is -0.107. The van der Waals surface area contributed by atoms with Crippen LogP contribution in [-0.2, 0) is 4.79 Å². The Labute approximate surface area is 150 Å². The molecular weight excluding hydrogens is 332 g/mol. The number of benzene rings is 1. The minimum Gasteiger partial charge on any atom is -0.439 e. The van der Waals surface area contributed by atoms with Crippen molar-refractivity contribution in [3.63, 3.8) is 0 Å². The fourth-order valence-electron chi connectivity index (χ4n) is 2.41. The summed E-state index contributed by atoms with van der Waals surface area (Å²) in [7, 11) is 3.43. The van der Waals surface area contributed by atoms with Crippen molar-refractivity contribution in [1.82, 2.24) is 15.0 Å². The number of amides is 1. The van der Waals surface area contributed by atoms with Crippen LogP contribution < -0.4 is 20.3 Å². The van der Waals surface area contributed by atoms with Crippen molar-refractivity contribution < 1.29 is 9.53 Å². The number of hydrogen-bond acceptors (Lipinski definition) is 7. The van der Waals surface area contributed by atoms with Crippen LogP contribution in [0.25, 0.3) is 0 Å². The molecule has 8 heteroatoms. The number of nitrogens with zero attached hydrogens (tertiary/aromatic N) is 5. The van der Waals surface area contributed by atoms with Gasteiger partial charge in [0.05, 0.1) is 0 Å². The number of carbonyl (C=O) groups excluding carboxylic acids is 1. The fourth-order valence-corrected chi connectivity index (χ4v) is 2.41. The first-order chi connectivity index (χ1) is 12.6. The lowest BCUT2D eigenvalue weighted by atomic mass is 10.2. The summed E-state index contributed by atoms with van der Waals surface area (Å²) < 4.78 is 5.69. The Kier molecular flexibility index (Phi) is 4.93. The third kappa shape index (κ3) is 3.54. The first-order valence-corrected chi connectivity index (χ1v) is 7.81. The zero-order chi connectivity index (χ0) is 18.5. The summed E-state index contributed by atoms with van der Waals surface area (Å²) in [5, 5.41) is 0. The van der Waals surface area contributed by atoms with Gasteiger partial charge in [-0.3, -0.25) is 4.79 Å². The lowest BCUT2D eigenvalue weighted by Gasteiger charge is -2.25. The smallest absolute Gasteiger partial charge is 0.219 e.